The number of sulfonamides is 1. The molecule has 1 heterocycles. The monoisotopic (exact) mass is 428 g/mol. The Bertz CT molecular complexity index is 1000. The average Bonchev–Trinajstić information content (AvgIpc) is 2.78. The summed E-state index contributed by atoms with van der Waals surface area (Å²) in [6.45, 7) is 0.751. The molecular formula is C23H28N2O4S. The molecule has 7 heteroatoms. The van der Waals surface area contributed by atoms with Gasteiger partial charge in [0.05, 0.1) is 12.0 Å². The number of fused-ring (bicyclic) bond motifs is 1. The van der Waals surface area contributed by atoms with Crippen molar-refractivity contribution >= 4 is 21.6 Å². The zero-order valence-electron chi connectivity index (χ0n) is 17.2. The molecule has 1 saturated heterocycles. The molecule has 2 aromatic carbocycles. The molecule has 2 fully saturated rings. The van der Waals surface area contributed by atoms with E-state index in [2.05, 4.69) is 4.72 Å². The van der Waals surface area contributed by atoms with Gasteiger partial charge in [0.15, 0.2) is 0 Å². The lowest BCUT2D eigenvalue weighted by molar-refractivity contribution is 0.0390. The highest BCUT2D eigenvalue weighted by Crippen LogP contribution is 2.36. The number of piperidine rings is 1. The number of ether oxygens (including phenoxy) is 1. The van der Waals surface area contributed by atoms with E-state index in [-0.39, 0.29) is 16.8 Å². The minimum absolute atomic E-state index is 0.0619. The van der Waals surface area contributed by atoms with E-state index in [4.69, 9.17) is 4.74 Å². The Labute approximate surface area is 178 Å². The highest BCUT2D eigenvalue weighted by Gasteiger charge is 2.36. The van der Waals surface area contributed by atoms with Crippen LogP contribution in [0.3, 0.4) is 0 Å². The second-order valence-corrected chi connectivity index (χ2v) is 9.80. The SMILES string of the molecule is COc1ccc(NS(=O)(=O)c2cccc(C(=O)N3CCCC4CCCCC43)c2)cc1. The molecule has 0 spiro atoms. The van der Waals surface area contributed by atoms with Crippen LogP contribution in [0.1, 0.15) is 48.9 Å². The topological polar surface area (TPSA) is 75.7 Å². The Balaban J connectivity index is 1.54. The van der Waals surface area contributed by atoms with Gasteiger partial charge in [0.25, 0.3) is 15.9 Å². The van der Waals surface area contributed by atoms with Crippen molar-refractivity contribution in [1.29, 1.82) is 0 Å². The third-order valence-corrected chi connectivity index (χ3v) is 7.62. The van der Waals surface area contributed by atoms with Gasteiger partial charge in [-0.25, -0.2) is 8.42 Å². The molecule has 0 aromatic heterocycles. The van der Waals surface area contributed by atoms with Gasteiger partial charge >= 0.3 is 0 Å². The fourth-order valence-corrected chi connectivity index (χ4v) is 5.82. The Hall–Kier alpha value is -2.54. The lowest BCUT2D eigenvalue weighted by Gasteiger charge is -2.44. The first kappa shape index (κ1) is 20.7. The van der Waals surface area contributed by atoms with Crippen LogP contribution in [0.2, 0.25) is 0 Å². The lowest BCUT2D eigenvalue weighted by Crippen LogP contribution is -2.49. The first-order valence-corrected chi connectivity index (χ1v) is 12.0. The van der Waals surface area contributed by atoms with Crippen LogP contribution in [0.4, 0.5) is 5.69 Å². The van der Waals surface area contributed by atoms with Crippen molar-refractivity contribution in [2.24, 2.45) is 5.92 Å². The molecule has 30 heavy (non-hydrogen) atoms. The Kier molecular flexibility index (Phi) is 5.99. The van der Waals surface area contributed by atoms with Crippen LogP contribution in [-0.4, -0.2) is 38.9 Å². The Morgan fingerprint density at radius 3 is 2.53 bits per heavy atom. The molecule has 160 valence electrons. The van der Waals surface area contributed by atoms with E-state index in [1.807, 2.05) is 4.90 Å². The number of benzene rings is 2. The van der Waals surface area contributed by atoms with Gasteiger partial charge in [0.2, 0.25) is 0 Å². The van der Waals surface area contributed by atoms with E-state index in [0.717, 1.165) is 25.8 Å². The zero-order chi connectivity index (χ0) is 21.1. The number of anilines is 1. The molecule has 1 amide bonds. The second-order valence-electron chi connectivity index (χ2n) is 8.11. The maximum atomic E-state index is 13.3. The third kappa shape index (κ3) is 4.31. The van der Waals surface area contributed by atoms with Crippen LogP contribution in [0.15, 0.2) is 53.4 Å². The largest absolute Gasteiger partial charge is 0.497 e. The van der Waals surface area contributed by atoms with Crippen LogP contribution in [0.5, 0.6) is 5.75 Å². The average molecular weight is 429 g/mol. The number of likely N-dealkylation sites (tertiary alicyclic amines) is 1. The van der Waals surface area contributed by atoms with E-state index in [9.17, 15) is 13.2 Å². The van der Waals surface area contributed by atoms with E-state index in [0.29, 0.717) is 22.9 Å². The summed E-state index contributed by atoms with van der Waals surface area (Å²) in [4.78, 5) is 15.3. The van der Waals surface area contributed by atoms with Crippen molar-refractivity contribution in [3.63, 3.8) is 0 Å². The summed E-state index contributed by atoms with van der Waals surface area (Å²) in [6, 6.07) is 13.3. The lowest BCUT2D eigenvalue weighted by atomic mass is 9.78. The third-order valence-electron chi connectivity index (χ3n) is 6.24. The number of nitrogens with one attached hydrogen (secondary N) is 1. The Morgan fingerprint density at radius 2 is 1.77 bits per heavy atom. The standard InChI is InChI=1S/C23H28N2O4S/c1-29-20-13-11-19(12-14-20)24-30(27,28)21-9-4-7-18(16-21)23(26)25-15-5-8-17-6-2-3-10-22(17)25/h4,7,9,11-14,16-17,22,24H,2-3,5-6,8,10,15H2,1H3. The summed E-state index contributed by atoms with van der Waals surface area (Å²) < 4.78 is 33.4. The van der Waals surface area contributed by atoms with Gasteiger partial charge in [-0.05, 0) is 74.1 Å². The summed E-state index contributed by atoms with van der Waals surface area (Å²) in [5, 5.41) is 0. The van der Waals surface area contributed by atoms with Gasteiger partial charge in [0, 0.05) is 23.8 Å². The molecular weight excluding hydrogens is 400 g/mol. The number of methoxy groups -OCH3 is 1. The van der Waals surface area contributed by atoms with Crippen molar-refractivity contribution < 1.29 is 17.9 Å². The number of rotatable bonds is 5. The molecule has 2 aromatic rings. The van der Waals surface area contributed by atoms with Gasteiger partial charge < -0.3 is 9.64 Å². The van der Waals surface area contributed by atoms with Gasteiger partial charge in [-0.2, -0.15) is 0 Å². The molecule has 0 bridgehead atoms. The second kappa shape index (κ2) is 8.68. The van der Waals surface area contributed by atoms with Crippen LogP contribution < -0.4 is 9.46 Å². The number of hydrogen-bond acceptors (Lipinski definition) is 4. The molecule has 2 atom stereocenters. The summed E-state index contributed by atoms with van der Waals surface area (Å²) in [5.74, 6) is 1.17. The molecule has 1 N–H and O–H groups in total. The molecule has 1 aliphatic carbocycles. The number of amides is 1. The molecule has 0 radical (unpaired) electrons. The fraction of sp³-hybridized carbons (Fsp3) is 0.435. The predicted octanol–water partition coefficient (Wildman–Crippen LogP) is 4.29. The highest BCUT2D eigenvalue weighted by atomic mass is 32.2. The van der Waals surface area contributed by atoms with Crippen LogP contribution in [-0.2, 0) is 10.0 Å². The van der Waals surface area contributed by atoms with Crippen molar-refractivity contribution in [2.75, 3.05) is 18.4 Å². The van der Waals surface area contributed by atoms with Crippen molar-refractivity contribution in [2.45, 2.75) is 49.5 Å². The quantitative estimate of drug-likeness (QED) is 0.771. The number of carbonyl (C=O) groups excluding carboxylic acids is 1. The molecule has 4 rings (SSSR count). The van der Waals surface area contributed by atoms with Crippen LogP contribution in [0, 0.1) is 5.92 Å². The molecule has 1 saturated carbocycles. The summed E-state index contributed by atoms with van der Waals surface area (Å²) >= 11 is 0. The van der Waals surface area contributed by atoms with Crippen LogP contribution in [0.25, 0.3) is 0 Å². The van der Waals surface area contributed by atoms with E-state index in [1.165, 1.54) is 31.4 Å². The van der Waals surface area contributed by atoms with Crippen molar-refractivity contribution in [3.8, 4) is 5.75 Å². The molecule has 2 aliphatic rings. The minimum Gasteiger partial charge on any atom is -0.497 e. The maximum absolute atomic E-state index is 13.3. The van der Waals surface area contributed by atoms with Gasteiger partial charge in [-0.15, -0.1) is 0 Å². The van der Waals surface area contributed by atoms with E-state index < -0.39 is 10.0 Å². The smallest absolute Gasteiger partial charge is 0.261 e. The normalized spacial score (nSPS) is 21.6. The van der Waals surface area contributed by atoms with Crippen LogP contribution >= 0.6 is 0 Å². The number of hydrogen-bond donors (Lipinski definition) is 1. The summed E-state index contributed by atoms with van der Waals surface area (Å²) in [7, 11) is -2.25. The van der Waals surface area contributed by atoms with Gasteiger partial charge in [-0.3, -0.25) is 9.52 Å². The minimum atomic E-state index is -3.80. The summed E-state index contributed by atoms with van der Waals surface area (Å²) in [6.07, 6.45) is 6.85. The Morgan fingerprint density at radius 1 is 1.03 bits per heavy atom. The van der Waals surface area contributed by atoms with E-state index >= 15 is 0 Å². The van der Waals surface area contributed by atoms with Gasteiger partial charge in [0.1, 0.15) is 5.75 Å². The number of carbonyl (C=O) groups is 1. The maximum Gasteiger partial charge on any atom is 0.261 e. The fourth-order valence-electron chi connectivity index (χ4n) is 4.71. The first-order valence-electron chi connectivity index (χ1n) is 10.6. The molecule has 1 aliphatic heterocycles. The zero-order valence-corrected chi connectivity index (χ0v) is 18.0. The van der Waals surface area contributed by atoms with Gasteiger partial charge in [-0.1, -0.05) is 18.9 Å². The molecule has 2 unspecified atom stereocenters. The molecule has 6 nitrogen and oxygen atoms in total. The van der Waals surface area contributed by atoms with E-state index in [1.54, 1.807) is 43.5 Å². The summed E-state index contributed by atoms with van der Waals surface area (Å²) in [5.41, 5.74) is 0.868. The predicted molar refractivity (Wildman–Crippen MR) is 116 cm³/mol. The van der Waals surface area contributed by atoms with Crippen molar-refractivity contribution in [1.82, 2.24) is 4.90 Å². The number of nitrogens with zero attached hydrogens (tertiary/aromatic N) is 1. The highest BCUT2D eigenvalue weighted by molar-refractivity contribution is 7.92. The first-order chi connectivity index (χ1) is 14.5. The van der Waals surface area contributed by atoms with Crippen molar-refractivity contribution in [3.05, 3.63) is 54.1 Å².